The molecule has 0 aliphatic rings. The summed E-state index contributed by atoms with van der Waals surface area (Å²) in [6, 6.07) is 10.0. The minimum atomic E-state index is -6.56. The minimum Gasteiger partial charge on any atom is -0.493 e. The van der Waals surface area contributed by atoms with Gasteiger partial charge in [0.05, 0.1) is 37.3 Å². The Morgan fingerprint density at radius 2 is 1.44 bits per heavy atom. The highest BCUT2D eigenvalue weighted by molar-refractivity contribution is 5.89. The normalized spacial score (nSPS) is 13.2. The smallest absolute Gasteiger partial charge is 0.493 e. The van der Waals surface area contributed by atoms with Crippen LogP contribution in [0.4, 0.5) is 48.3 Å². The molecule has 0 atom stereocenters. The fraction of sp³-hybridized carbons (Fsp3) is 0.528. The van der Waals surface area contributed by atoms with E-state index < -0.39 is 67.8 Å². The number of halogens is 11. The summed E-state index contributed by atoms with van der Waals surface area (Å²) < 4.78 is 171. The molecule has 0 amide bonds. The summed E-state index contributed by atoms with van der Waals surface area (Å²) in [6.45, 7) is 7.34. The van der Waals surface area contributed by atoms with Crippen LogP contribution in [0.25, 0.3) is 22.2 Å². The quantitative estimate of drug-likeness (QED) is 0.0529. The molecule has 290 valence electrons. The highest BCUT2D eigenvalue weighted by Gasteiger charge is 2.79. The number of hydrogen-bond acceptors (Lipinski definition) is 4. The lowest BCUT2D eigenvalue weighted by atomic mass is 9.95. The highest BCUT2D eigenvalue weighted by Crippen LogP contribution is 2.54. The van der Waals surface area contributed by atoms with Crippen LogP contribution >= 0.6 is 0 Å². The third-order valence-corrected chi connectivity index (χ3v) is 8.04. The Balaban J connectivity index is 1.88. The molecule has 3 aromatic rings. The molecule has 2 aromatic carbocycles. The van der Waals surface area contributed by atoms with E-state index in [4.69, 9.17) is 4.74 Å². The molecule has 16 heteroatoms. The molecule has 5 nitrogen and oxygen atoms in total. The number of rotatable bonds is 19. The van der Waals surface area contributed by atoms with Gasteiger partial charge in [-0.25, -0.2) is 4.79 Å². The average Bonchev–Trinajstić information content (AvgIpc) is 3.36. The summed E-state index contributed by atoms with van der Waals surface area (Å²) in [7, 11) is 0. The first-order valence-electron chi connectivity index (χ1n) is 16.4. The molecular weight excluding hydrogens is 719 g/mol. The Kier molecular flexibility index (Phi) is 13.3. The van der Waals surface area contributed by atoms with Gasteiger partial charge in [-0.05, 0) is 61.6 Å². The van der Waals surface area contributed by atoms with E-state index in [-0.39, 0.29) is 29.3 Å². The van der Waals surface area contributed by atoms with Gasteiger partial charge in [0.2, 0.25) is 0 Å². The third kappa shape index (κ3) is 9.91. The van der Waals surface area contributed by atoms with E-state index in [9.17, 15) is 53.1 Å². The fourth-order valence-electron chi connectivity index (χ4n) is 5.30. The number of aromatic nitrogens is 1. The van der Waals surface area contributed by atoms with Crippen LogP contribution in [-0.2, 0) is 22.5 Å². The molecule has 0 unspecified atom stereocenters. The molecular formula is C36H40F11NO4. The summed E-state index contributed by atoms with van der Waals surface area (Å²) in [4.78, 5) is 11.3. The Morgan fingerprint density at radius 3 is 2.00 bits per heavy atom. The summed E-state index contributed by atoms with van der Waals surface area (Å²) in [5.41, 5.74) is 1.09. The Morgan fingerprint density at radius 1 is 0.827 bits per heavy atom. The number of unbranched alkanes of at least 4 members (excludes halogenated alkanes) is 2. The first-order chi connectivity index (χ1) is 23.9. The minimum absolute atomic E-state index is 0.0712. The number of esters is 1. The molecule has 0 fully saturated rings. The lowest BCUT2D eigenvalue weighted by Crippen LogP contribution is -2.62. The molecule has 1 heterocycles. The number of benzene rings is 2. The number of hydrogen-bond donors (Lipinski definition) is 0. The average molecular weight is 760 g/mol. The van der Waals surface area contributed by atoms with Gasteiger partial charge in [-0.15, -0.1) is 13.2 Å². The van der Waals surface area contributed by atoms with Crippen LogP contribution in [-0.4, -0.2) is 53.8 Å². The van der Waals surface area contributed by atoms with Crippen molar-refractivity contribution >= 4 is 16.9 Å². The zero-order chi connectivity index (χ0) is 39.3. The van der Waals surface area contributed by atoms with E-state index >= 15 is 0 Å². The van der Waals surface area contributed by atoms with Crippen molar-refractivity contribution in [1.82, 2.24) is 4.57 Å². The van der Waals surface area contributed by atoms with E-state index in [1.54, 1.807) is 16.7 Å². The molecule has 0 saturated carbocycles. The second-order valence-corrected chi connectivity index (χ2v) is 12.9. The maximum Gasteiger partial charge on any atom is 0.573 e. The standard InChI is InChI=1S/C36H40F11NO4/c1-6-7-8-9-24-10-13-27(30(18-24)52-36(45,46)47)29-19-25-11-12-26(20-28(25)48(29)21-22(2)3)50-16-14-32(37,38)34(41,42)35(43,44)33(39,40)15-17-51-31(49)23(4)5/h10-13,18-20,22H,4,6-9,14-17,21H2,1-3,5H3. The van der Waals surface area contributed by atoms with Crippen LogP contribution in [0, 0.1) is 5.92 Å². The van der Waals surface area contributed by atoms with Crippen molar-refractivity contribution in [3.05, 3.63) is 60.2 Å². The number of nitrogens with zero attached hydrogens (tertiary/aromatic N) is 1. The summed E-state index contributed by atoms with van der Waals surface area (Å²) in [5.74, 6) is -26.5. The van der Waals surface area contributed by atoms with E-state index in [1.807, 2.05) is 20.8 Å². The van der Waals surface area contributed by atoms with Gasteiger partial charge in [-0.2, -0.15) is 35.1 Å². The molecule has 0 radical (unpaired) electrons. The van der Waals surface area contributed by atoms with Crippen molar-refractivity contribution in [2.45, 2.75) is 103 Å². The molecule has 0 aliphatic heterocycles. The van der Waals surface area contributed by atoms with Crippen molar-refractivity contribution in [1.29, 1.82) is 0 Å². The van der Waals surface area contributed by atoms with Crippen molar-refractivity contribution in [3.8, 4) is 22.8 Å². The predicted molar refractivity (Wildman–Crippen MR) is 172 cm³/mol. The lowest BCUT2D eigenvalue weighted by molar-refractivity contribution is -0.368. The van der Waals surface area contributed by atoms with E-state index in [0.717, 1.165) is 26.2 Å². The maximum atomic E-state index is 14.6. The lowest BCUT2D eigenvalue weighted by Gasteiger charge is -2.36. The molecule has 0 spiro atoms. The molecule has 0 aliphatic carbocycles. The topological polar surface area (TPSA) is 49.7 Å². The van der Waals surface area contributed by atoms with Gasteiger partial charge in [0.25, 0.3) is 0 Å². The number of alkyl halides is 11. The molecule has 3 rings (SSSR count). The summed E-state index contributed by atoms with van der Waals surface area (Å²) in [5, 5.41) is 0.473. The number of fused-ring (bicyclic) bond motifs is 1. The van der Waals surface area contributed by atoms with Crippen molar-refractivity contribution in [3.63, 3.8) is 0 Å². The van der Waals surface area contributed by atoms with Gasteiger partial charge in [0.1, 0.15) is 11.5 Å². The largest absolute Gasteiger partial charge is 0.573 e. The zero-order valence-electron chi connectivity index (χ0n) is 28.9. The summed E-state index contributed by atoms with van der Waals surface area (Å²) in [6.07, 6.45) is -6.22. The molecule has 52 heavy (non-hydrogen) atoms. The van der Waals surface area contributed by atoms with Crippen LogP contribution in [0.2, 0.25) is 0 Å². The van der Waals surface area contributed by atoms with E-state index in [1.165, 1.54) is 30.3 Å². The predicted octanol–water partition coefficient (Wildman–Crippen LogP) is 11.4. The van der Waals surface area contributed by atoms with Gasteiger partial charge in [-0.3, -0.25) is 0 Å². The molecule has 1 aromatic heterocycles. The van der Waals surface area contributed by atoms with Crippen LogP contribution in [0.5, 0.6) is 11.5 Å². The Labute approximate surface area is 293 Å². The van der Waals surface area contributed by atoms with Crippen LogP contribution < -0.4 is 9.47 Å². The van der Waals surface area contributed by atoms with Gasteiger partial charge in [0.15, 0.2) is 0 Å². The van der Waals surface area contributed by atoms with E-state index in [0.29, 0.717) is 28.6 Å². The van der Waals surface area contributed by atoms with Gasteiger partial charge < -0.3 is 18.8 Å². The van der Waals surface area contributed by atoms with Gasteiger partial charge in [-0.1, -0.05) is 46.3 Å². The Bertz CT molecular complexity index is 1700. The van der Waals surface area contributed by atoms with Crippen LogP contribution in [0.3, 0.4) is 0 Å². The Hall–Kier alpha value is -3.98. The second-order valence-electron chi connectivity index (χ2n) is 12.9. The summed E-state index contributed by atoms with van der Waals surface area (Å²) >= 11 is 0. The van der Waals surface area contributed by atoms with Crippen molar-refractivity contribution < 1.29 is 67.3 Å². The molecule has 0 saturated heterocycles. The molecule has 0 bridgehead atoms. The number of carbonyl (C=O) groups excluding carboxylic acids is 1. The van der Waals surface area contributed by atoms with E-state index in [2.05, 4.69) is 16.1 Å². The maximum absolute atomic E-state index is 14.6. The first kappa shape index (κ1) is 42.4. The zero-order valence-corrected chi connectivity index (χ0v) is 28.9. The SMILES string of the molecule is C=C(C)C(=O)OCCC(F)(F)C(F)(F)C(F)(F)C(F)(F)CCOc1ccc2cc(-c3ccc(CCCCC)cc3OC(F)(F)F)n(CC(C)C)c2c1. The monoisotopic (exact) mass is 759 g/mol. The van der Waals surface area contributed by atoms with Gasteiger partial charge in [0, 0.05) is 29.1 Å². The van der Waals surface area contributed by atoms with Crippen LogP contribution in [0.1, 0.15) is 65.4 Å². The van der Waals surface area contributed by atoms with Crippen LogP contribution in [0.15, 0.2) is 54.6 Å². The number of carbonyl (C=O) groups is 1. The first-order valence-corrected chi connectivity index (χ1v) is 16.4. The molecule has 0 N–H and O–H groups in total. The third-order valence-electron chi connectivity index (χ3n) is 8.04. The highest BCUT2D eigenvalue weighted by atomic mass is 19.4. The second kappa shape index (κ2) is 16.4. The van der Waals surface area contributed by atoms with Crippen molar-refractivity contribution in [2.75, 3.05) is 13.2 Å². The van der Waals surface area contributed by atoms with Crippen molar-refractivity contribution in [2.24, 2.45) is 5.92 Å². The van der Waals surface area contributed by atoms with Gasteiger partial charge >= 0.3 is 36.0 Å². The number of aryl methyl sites for hydroxylation is 1. The number of ether oxygens (including phenoxy) is 3. The fourth-order valence-corrected chi connectivity index (χ4v) is 5.30.